The highest BCUT2D eigenvalue weighted by Crippen LogP contribution is 2.29. The summed E-state index contributed by atoms with van der Waals surface area (Å²) >= 11 is 0. The fourth-order valence-electron chi connectivity index (χ4n) is 3.57. The first kappa shape index (κ1) is 22.3. The zero-order chi connectivity index (χ0) is 22.2. The number of carbonyl (C=O) groups excluding carboxylic acids is 2. The van der Waals surface area contributed by atoms with Crippen molar-refractivity contribution in [2.75, 3.05) is 41.0 Å². The summed E-state index contributed by atoms with van der Waals surface area (Å²) in [4.78, 5) is 27.1. The quantitative estimate of drug-likeness (QED) is 0.695. The number of nitrogens with zero attached hydrogens (tertiary/aromatic N) is 1. The van der Waals surface area contributed by atoms with Gasteiger partial charge in [-0.3, -0.25) is 9.59 Å². The summed E-state index contributed by atoms with van der Waals surface area (Å²) < 4.78 is 21.5. The van der Waals surface area contributed by atoms with Crippen LogP contribution in [0.5, 0.6) is 23.0 Å². The summed E-state index contributed by atoms with van der Waals surface area (Å²) in [5.74, 6) is 1.69. The molecule has 8 nitrogen and oxygen atoms in total. The maximum Gasteiger partial charge on any atom is 0.260 e. The highest BCUT2D eigenvalue weighted by atomic mass is 16.5. The van der Waals surface area contributed by atoms with E-state index in [4.69, 9.17) is 18.9 Å². The molecular formula is C23H28N2O6. The van der Waals surface area contributed by atoms with Gasteiger partial charge in [0.05, 0.1) is 21.3 Å². The Labute approximate surface area is 182 Å². The van der Waals surface area contributed by atoms with Crippen molar-refractivity contribution in [3.8, 4) is 23.0 Å². The van der Waals surface area contributed by atoms with Crippen LogP contribution in [0.3, 0.4) is 0 Å². The molecule has 1 aliphatic heterocycles. The molecular weight excluding hydrogens is 400 g/mol. The van der Waals surface area contributed by atoms with Gasteiger partial charge in [-0.2, -0.15) is 0 Å². The number of para-hydroxylation sites is 2. The van der Waals surface area contributed by atoms with Crippen molar-refractivity contribution < 1.29 is 28.5 Å². The first-order valence-electron chi connectivity index (χ1n) is 10.1. The van der Waals surface area contributed by atoms with Gasteiger partial charge in [-0.15, -0.1) is 0 Å². The zero-order valence-electron chi connectivity index (χ0n) is 18.1. The number of amides is 2. The number of ether oxygens (including phenoxy) is 4. The van der Waals surface area contributed by atoms with E-state index in [9.17, 15) is 9.59 Å². The smallest absolute Gasteiger partial charge is 0.260 e. The topological polar surface area (TPSA) is 86.3 Å². The number of likely N-dealkylation sites (tertiary alicyclic amines) is 1. The summed E-state index contributed by atoms with van der Waals surface area (Å²) in [5.41, 5.74) is 0.371. The molecule has 0 saturated carbocycles. The number of carbonyl (C=O) groups is 2. The summed E-state index contributed by atoms with van der Waals surface area (Å²) in [6.45, 7) is 1.03. The molecule has 31 heavy (non-hydrogen) atoms. The molecule has 2 aromatic carbocycles. The number of rotatable bonds is 8. The fraction of sp³-hybridized carbons (Fsp3) is 0.391. The average Bonchev–Trinajstić information content (AvgIpc) is 2.82. The van der Waals surface area contributed by atoms with E-state index in [-0.39, 0.29) is 24.5 Å². The van der Waals surface area contributed by atoms with Crippen molar-refractivity contribution in [1.29, 1.82) is 0 Å². The summed E-state index contributed by atoms with van der Waals surface area (Å²) in [7, 11) is 4.59. The Kier molecular flexibility index (Phi) is 7.59. The van der Waals surface area contributed by atoms with E-state index in [2.05, 4.69) is 5.32 Å². The Bertz CT molecular complexity index is 886. The van der Waals surface area contributed by atoms with Crippen LogP contribution < -0.4 is 24.3 Å². The van der Waals surface area contributed by atoms with Crippen molar-refractivity contribution in [2.45, 2.75) is 18.9 Å². The minimum atomic E-state index is -0.251. The van der Waals surface area contributed by atoms with Crippen molar-refractivity contribution in [2.24, 2.45) is 0 Å². The van der Waals surface area contributed by atoms with Crippen LogP contribution in [0.25, 0.3) is 0 Å². The first-order chi connectivity index (χ1) is 15.1. The van der Waals surface area contributed by atoms with Gasteiger partial charge in [0, 0.05) is 19.1 Å². The predicted molar refractivity (Wildman–Crippen MR) is 115 cm³/mol. The largest absolute Gasteiger partial charge is 0.496 e. The summed E-state index contributed by atoms with van der Waals surface area (Å²) in [5, 5.41) is 3.03. The number of methoxy groups -OCH3 is 3. The maximum absolute atomic E-state index is 12.8. The lowest BCUT2D eigenvalue weighted by Crippen LogP contribution is -2.47. The van der Waals surface area contributed by atoms with E-state index < -0.39 is 0 Å². The van der Waals surface area contributed by atoms with Crippen LogP contribution in [0.15, 0.2) is 42.5 Å². The third kappa shape index (κ3) is 5.39. The van der Waals surface area contributed by atoms with Gasteiger partial charge < -0.3 is 29.2 Å². The Hall–Kier alpha value is -3.42. The minimum Gasteiger partial charge on any atom is -0.496 e. The molecule has 1 heterocycles. The van der Waals surface area contributed by atoms with Gasteiger partial charge in [-0.25, -0.2) is 0 Å². The Morgan fingerprint density at radius 3 is 2.00 bits per heavy atom. The zero-order valence-corrected chi connectivity index (χ0v) is 18.1. The summed E-state index contributed by atoms with van der Waals surface area (Å²) in [6, 6.07) is 12.4. The lowest BCUT2D eigenvalue weighted by atomic mass is 10.0. The summed E-state index contributed by atoms with van der Waals surface area (Å²) in [6.07, 6.45) is 1.31. The number of piperidine rings is 1. The van der Waals surface area contributed by atoms with Crippen molar-refractivity contribution in [1.82, 2.24) is 10.2 Å². The van der Waals surface area contributed by atoms with Crippen LogP contribution in [0.1, 0.15) is 23.2 Å². The lowest BCUT2D eigenvalue weighted by molar-refractivity contribution is -0.134. The van der Waals surface area contributed by atoms with Crippen LogP contribution in [-0.4, -0.2) is 63.8 Å². The number of hydrogen-bond acceptors (Lipinski definition) is 6. The Morgan fingerprint density at radius 1 is 0.871 bits per heavy atom. The van der Waals surface area contributed by atoms with Crippen LogP contribution in [0, 0.1) is 0 Å². The number of benzene rings is 2. The molecule has 166 valence electrons. The molecule has 0 bridgehead atoms. The molecule has 0 aliphatic carbocycles. The fourth-order valence-corrected chi connectivity index (χ4v) is 3.57. The van der Waals surface area contributed by atoms with Crippen LogP contribution >= 0.6 is 0 Å². The molecule has 2 amide bonds. The molecule has 0 aromatic heterocycles. The highest BCUT2D eigenvalue weighted by Gasteiger charge is 2.26. The second-order valence-electron chi connectivity index (χ2n) is 7.11. The van der Waals surface area contributed by atoms with Gasteiger partial charge in [0.2, 0.25) is 0 Å². The molecule has 1 N–H and O–H groups in total. The standard InChI is InChI=1S/C23H28N2O6/c1-28-17-7-4-5-8-18(17)31-15-21(26)25-13-11-16(12-14-25)24-23(27)22-19(29-2)9-6-10-20(22)30-3/h4-10,16H,11-15H2,1-3H3,(H,24,27). The first-order valence-corrected chi connectivity index (χ1v) is 10.1. The Morgan fingerprint density at radius 2 is 1.42 bits per heavy atom. The molecule has 0 radical (unpaired) electrons. The minimum absolute atomic E-state index is 0.0405. The van der Waals surface area contributed by atoms with Crippen molar-refractivity contribution in [3.05, 3.63) is 48.0 Å². The molecule has 8 heteroatoms. The molecule has 2 aromatic rings. The molecule has 1 saturated heterocycles. The van der Waals surface area contributed by atoms with E-state index in [0.717, 1.165) is 0 Å². The van der Waals surface area contributed by atoms with Gasteiger partial charge in [-0.1, -0.05) is 18.2 Å². The third-order valence-electron chi connectivity index (χ3n) is 5.26. The average molecular weight is 428 g/mol. The molecule has 3 rings (SSSR count). The van der Waals surface area contributed by atoms with E-state index in [1.807, 2.05) is 12.1 Å². The van der Waals surface area contributed by atoms with E-state index in [1.165, 1.54) is 14.2 Å². The normalized spacial score (nSPS) is 14.0. The van der Waals surface area contributed by atoms with E-state index >= 15 is 0 Å². The van der Waals surface area contributed by atoms with E-state index in [1.54, 1.807) is 42.3 Å². The van der Waals surface area contributed by atoms with E-state index in [0.29, 0.717) is 54.5 Å². The third-order valence-corrected chi connectivity index (χ3v) is 5.26. The molecule has 1 fully saturated rings. The van der Waals surface area contributed by atoms with Crippen LogP contribution in [0.4, 0.5) is 0 Å². The van der Waals surface area contributed by atoms with Gasteiger partial charge in [0.1, 0.15) is 17.1 Å². The SMILES string of the molecule is COc1ccccc1OCC(=O)N1CCC(NC(=O)c2c(OC)cccc2OC)CC1. The number of nitrogens with one attached hydrogen (secondary N) is 1. The molecule has 0 unspecified atom stereocenters. The maximum atomic E-state index is 12.8. The molecule has 1 aliphatic rings. The highest BCUT2D eigenvalue weighted by molar-refractivity contribution is 5.99. The molecule has 0 atom stereocenters. The van der Waals surface area contributed by atoms with Crippen molar-refractivity contribution >= 4 is 11.8 Å². The van der Waals surface area contributed by atoms with Gasteiger partial charge in [-0.05, 0) is 37.1 Å². The van der Waals surface area contributed by atoms with Crippen LogP contribution in [-0.2, 0) is 4.79 Å². The van der Waals surface area contributed by atoms with Gasteiger partial charge in [0.25, 0.3) is 11.8 Å². The van der Waals surface area contributed by atoms with Gasteiger partial charge in [0.15, 0.2) is 18.1 Å². The van der Waals surface area contributed by atoms with Crippen molar-refractivity contribution in [3.63, 3.8) is 0 Å². The lowest BCUT2D eigenvalue weighted by Gasteiger charge is -2.32. The monoisotopic (exact) mass is 428 g/mol. The predicted octanol–water partition coefficient (Wildman–Crippen LogP) is 2.51. The molecule has 0 spiro atoms. The van der Waals surface area contributed by atoms with Crippen LogP contribution in [0.2, 0.25) is 0 Å². The second kappa shape index (κ2) is 10.6. The Balaban J connectivity index is 1.52. The van der Waals surface area contributed by atoms with Gasteiger partial charge >= 0.3 is 0 Å². The second-order valence-corrected chi connectivity index (χ2v) is 7.11. The number of hydrogen-bond donors (Lipinski definition) is 1.